The van der Waals surface area contributed by atoms with Crippen LogP contribution < -0.4 is 5.32 Å². The molecule has 3 aromatic carbocycles. The Morgan fingerprint density at radius 2 is 1.66 bits per heavy atom. The largest absolute Gasteiger partial charge is 0.322 e. The number of carbonyl (C=O) groups excluding carboxylic acids is 1. The number of amides is 2. The summed E-state index contributed by atoms with van der Waals surface area (Å²) in [6, 6.07) is 20.4. The second-order valence-corrected chi connectivity index (χ2v) is 8.04. The van der Waals surface area contributed by atoms with Crippen molar-refractivity contribution in [1.29, 1.82) is 0 Å². The van der Waals surface area contributed by atoms with Crippen molar-refractivity contribution in [3.63, 3.8) is 0 Å². The van der Waals surface area contributed by atoms with Crippen LogP contribution in [0.2, 0.25) is 5.02 Å². The smallest absolute Gasteiger partial charge is 0.318 e. The zero-order chi connectivity index (χ0) is 22.2. The van der Waals surface area contributed by atoms with Crippen molar-refractivity contribution < 1.29 is 13.6 Å². The normalized spacial score (nSPS) is 15.0. The van der Waals surface area contributed by atoms with Crippen molar-refractivity contribution in [1.82, 2.24) is 9.47 Å². The lowest BCUT2D eigenvalue weighted by molar-refractivity contribution is 0.194. The lowest BCUT2D eigenvalue weighted by Gasteiger charge is -2.31. The molecule has 0 saturated heterocycles. The highest BCUT2D eigenvalue weighted by atomic mass is 35.5. The molecule has 1 aliphatic rings. The lowest BCUT2D eigenvalue weighted by Crippen LogP contribution is -2.38. The molecule has 7 heteroatoms. The summed E-state index contributed by atoms with van der Waals surface area (Å²) in [6.45, 7) is 0.250. The Morgan fingerprint density at radius 1 is 0.938 bits per heavy atom. The van der Waals surface area contributed by atoms with E-state index in [1.54, 1.807) is 29.2 Å². The van der Waals surface area contributed by atoms with E-state index in [4.69, 9.17) is 11.6 Å². The molecule has 0 aliphatic carbocycles. The number of anilines is 1. The molecule has 160 valence electrons. The van der Waals surface area contributed by atoms with Crippen LogP contribution in [0.3, 0.4) is 0 Å². The number of nitrogens with zero attached hydrogens (tertiary/aromatic N) is 2. The van der Waals surface area contributed by atoms with E-state index < -0.39 is 23.7 Å². The van der Waals surface area contributed by atoms with Crippen LogP contribution in [0.15, 0.2) is 85.1 Å². The molecule has 4 aromatic rings. The van der Waals surface area contributed by atoms with Gasteiger partial charge in [0.15, 0.2) is 0 Å². The van der Waals surface area contributed by atoms with Gasteiger partial charge >= 0.3 is 6.03 Å². The molecule has 0 radical (unpaired) electrons. The summed E-state index contributed by atoms with van der Waals surface area (Å²) in [5.74, 6) is -1.39. The molecule has 4 nitrogen and oxygen atoms in total. The third-order valence-corrected chi connectivity index (χ3v) is 5.77. The highest BCUT2D eigenvalue weighted by molar-refractivity contribution is 6.30. The Morgan fingerprint density at radius 3 is 2.41 bits per heavy atom. The molecule has 5 rings (SSSR count). The summed E-state index contributed by atoms with van der Waals surface area (Å²) in [6.07, 6.45) is 1.89. The van der Waals surface area contributed by atoms with Crippen molar-refractivity contribution in [2.75, 3.05) is 5.32 Å². The molecule has 1 unspecified atom stereocenters. The van der Waals surface area contributed by atoms with Gasteiger partial charge < -0.3 is 14.8 Å². The number of hydrogen-bond acceptors (Lipinski definition) is 1. The quantitative estimate of drug-likeness (QED) is 0.370. The molecule has 32 heavy (non-hydrogen) atoms. The van der Waals surface area contributed by atoms with E-state index in [0.717, 1.165) is 23.0 Å². The van der Waals surface area contributed by atoms with Crippen LogP contribution in [0.5, 0.6) is 0 Å². The number of fused-ring (bicyclic) bond motifs is 3. The molecular formula is C25H18ClF2N3O. The second-order valence-electron chi connectivity index (χ2n) is 7.60. The maximum atomic E-state index is 14.2. The van der Waals surface area contributed by atoms with Crippen molar-refractivity contribution in [3.8, 4) is 5.69 Å². The van der Waals surface area contributed by atoms with Crippen molar-refractivity contribution in [2.45, 2.75) is 12.6 Å². The minimum absolute atomic E-state index is 0.250. The standard InChI is InChI=1S/C25H18ClF2N3O/c26-18-7-9-21(10-8-18)29-25(32)31-15-16-4-1-2-5-22(16)30-11-3-6-23(30)24(31)17-12-19(27)14-20(28)13-17/h1-14,24H,15H2,(H,29,32). The summed E-state index contributed by atoms with van der Waals surface area (Å²) >= 11 is 5.95. The molecular weight excluding hydrogens is 432 g/mol. The van der Waals surface area contributed by atoms with E-state index in [0.29, 0.717) is 16.3 Å². The number of hydrogen-bond donors (Lipinski definition) is 1. The van der Waals surface area contributed by atoms with Gasteiger partial charge in [0.1, 0.15) is 11.6 Å². The van der Waals surface area contributed by atoms with Gasteiger partial charge in [-0.15, -0.1) is 0 Å². The fourth-order valence-electron chi connectivity index (χ4n) is 4.15. The Labute approximate surface area is 188 Å². The summed E-state index contributed by atoms with van der Waals surface area (Å²) in [7, 11) is 0. The third-order valence-electron chi connectivity index (χ3n) is 5.52. The van der Waals surface area contributed by atoms with Crippen molar-refractivity contribution in [3.05, 3.63) is 119 Å². The summed E-state index contributed by atoms with van der Waals surface area (Å²) in [5.41, 5.74) is 3.47. The number of para-hydroxylation sites is 1. The number of halogens is 3. The fourth-order valence-corrected chi connectivity index (χ4v) is 4.28. The molecule has 1 aromatic heterocycles. The topological polar surface area (TPSA) is 37.3 Å². The van der Waals surface area contributed by atoms with E-state index in [9.17, 15) is 13.6 Å². The zero-order valence-electron chi connectivity index (χ0n) is 16.8. The number of carbonyl (C=O) groups is 1. The molecule has 0 bridgehead atoms. The van der Waals surface area contributed by atoms with E-state index in [1.165, 1.54) is 12.1 Å². The van der Waals surface area contributed by atoms with E-state index in [-0.39, 0.29) is 6.54 Å². The number of aromatic nitrogens is 1. The molecule has 2 heterocycles. The second kappa shape index (κ2) is 8.13. The van der Waals surface area contributed by atoms with Crippen LogP contribution in [0.25, 0.3) is 5.69 Å². The van der Waals surface area contributed by atoms with Gasteiger partial charge in [-0.1, -0.05) is 29.8 Å². The Bertz CT molecular complexity index is 1280. The Hall–Kier alpha value is -3.64. The zero-order valence-corrected chi connectivity index (χ0v) is 17.6. The molecule has 0 spiro atoms. The van der Waals surface area contributed by atoms with Gasteiger partial charge in [-0.05, 0) is 65.7 Å². The SMILES string of the molecule is O=C(Nc1ccc(Cl)cc1)N1Cc2ccccc2-n2cccc2C1c1cc(F)cc(F)c1. The maximum absolute atomic E-state index is 14.2. The van der Waals surface area contributed by atoms with Crippen LogP contribution in [0, 0.1) is 11.6 Å². The first-order chi connectivity index (χ1) is 15.5. The first-order valence-electron chi connectivity index (χ1n) is 10.0. The van der Waals surface area contributed by atoms with E-state index in [2.05, 4.69) is 5.32 Å². The van der Waals surface area contributed by atoms with Gasteiger partial charge in [0.2, 0.25) is 0 Å². The average Bonchev–Trinajstić information content (AvgIpc) is 3.18. The summed E-state index contributed by atoms with van der Waals surface area (Å²) < 4.78 is 30.3. The monoisotopic (exact) mass is 449 g/mol. The summed E-state index contributed by atoms with van der Waals surface area (Å²) in [5, 5.41) is 3.43. The fraction of sp³-hybridized carbons (Fsp3) is 0.0800. The first-order valence-corrected chi connectivity index (χ1v) is 10.4. The van der Waals surface area contributed by atoms with Crippen LogP contribution in [0.1, 0.15) is 22.9 Å². The summed E-state index contributed by atoms with van der Waals surface area (Å²) in [4.78, 5) is 15.1. The number of nitrogens with one attached hydrogen (secondary N) is 1. The van der Waals surface area contributed by atoms with E-state index >= 15 is 0 Å². The van der Waals surface area contributed by atoms with Crippen LogP contribution in [-0.2, 0) is 6.54 Å². The van der Waals surface area contributed by atoms with Gasteiger partial charge in [-0.3, -0.25) is 0 Å². The van der Waals surface area contributed by atoms with Gasteiger partial charge in [0.25, 0.3) is 0 Å². The minimum atomic E-state index is -0.713. The number of benzene rings is 3. The number of rotatable bonds is 2. The highest BCUT2D eigenvalue weighted by Gasteiger charge is 2.33. The molecule has 0 saturated carbocycles. The van der Waals surface area contributed by atoms with Crippen molar-refractivity contribution in [2.24, 2.45) is 0 Å². The van der Waals surface area contributed by atoms with Gasteiger partial charge in [-0.25, -0.2) is 13.6 Å². The molecule has 2 amide bonds. The van der Waals surface area contributed by atoms with Gasteiger partial charge in [-0.2, -0.15) is 0 Å². The average molecular weight is 450 g/mol. The number of urea groups is 1. The highest BCUT2D eigenvalue weighted by Crippen LogP contribution is 2.37. The molecule has 1 aliphatic heterocycles. The Balaban J connectivity index is 1.65. The Kier molecular flexibility index (Phi) is 5.15. The molecule has 1 N–H and O–H groups in total. The predicted molar refractivity (Wildman–Crippen MR) is 120 cm³/mol. The van der Waals surface area contributed by atoms with Gasteiger partial charge in [0.05, 0.1) is 18.3 Å². The minimum Gasteiger partial charge on any atom is -0.318 e. The van der Waals surface area contributed by atoms with Crippen LogP contribution in [0.4, 0.5) is 19.3 Å². The molecule has 1 atom stereocenters. The van der Waals surface area contributed by atoms with Crippen molar-refractivity contribution >= 4 is 23.3 Å². The predicted octanol–water partition coefficient (Wildman–Crippen LogP) is 6.55. The van der Waals surface area contributed by atoms with Crippen LogP contribution in [-0.4, -0.2) is 15.5 Å². The van der Waals surface area contributed by atoms with E-state index in [1.807, 2.05) is 47.2 Å². The van der Waals surface area contributed by atoms with Crippen LogP contribution >= 0.6 is 11.6 Å². The molecule has 0 fully saturated rings. The first kappa shape index (κ1) is 20.3. The third kappa shape index (κ3) is 3.74. The van der Waals surface area contributed by atoms with Gasteiger partial charge in [0, 0.05) is 28.7 Å². The lowest BCUT2D eigenvalue weighted by atomic mass is 10.0. The maximum Gasteiger partial charge on any atom is 0.322 e.